The summed E-state index contributed by atoms with van der Waals surface area (Å²) in [4.78, 5) is 0. The minimum absolute atomic E-state index is 0.145. The van der Waals surface area contributed by atoms with E-state index in [1.807, 2.05) is 48.6 Å². The van der Waals surface area contributed by atoms with E-state index in [0.717, 1.165) is 40.7 Å². The number of hydrogen-bond acceptors (Lipinski definition) is 2. The number of rotatable bonds is 15. The summed E-state index contributed by atoms with van der Waals surface area (Å²) in [6.45, 7) is 26.4. The van der Waals surface area contributed by atoms with Crippen LogP contribution in [0.4, 0.5) is 0 Å². The highest BCUT2D eigenvalue weighted by molar-refractivity contribution is 5.62. The summed E-state index contributed by atoms with van der Waals surface area (Å²) >= 11 is 0. The Balaban J connectivity index is 3.21. The van der Waals surface area contributed by atoms with Gasteiger partial charge in [-0.05, 0) is 78.8 Å². The number of phenols is 2. The van der Waals surface area contributed by atoms with Gasteiger partial charge in [0, 0.05) is 16.5 Å². The summed E-state index contributed by atoms with van der Waals surface area (Å²) in [5, 5.41) is 21.5. The highest BCUT2D eigenvalue weighted by atomic mass is 16.3. The zero-order valence-electron chi connectivity index (χ0n) is 21.2. The van der Waals surface area contributed by atoms with Crippen LogP contribution >= 0.6 is 0 Å². The van der Waals surface area contributed by atoms with Gasteiger partial charge in [-0.2, -0.15) is 0 Å². The Kier molecular flexibility index (Phi) is 10.1. The third kappa shape index (κ3) is 5.59. The minimum Gasteiger partial charge on any atom is -0.508 e. The van der Waals surface area contributed by atoms with Gasteiger partial charge in [-0.1, -0.05) is 55.5 Å². The third-order valence-corrected chi connectivity index (χ3v) is 7.00. The second kappa shape index (κ2) is 12.8. The van der Waals surface area contributed by atoms with Crippen molar-refractivity contribution in [2.75, 3.05) is 0 Å². The number of allylic oxidation sites excluding steroid dienone is 6. The maximum absolute atomic E-state index is 11.5. The molecule has 184 valence electrons. The largest absolute Gasteiger partial charge is 0.508 e. The zero-order chi connectivity index (χ0) is 26.0. The Morgan fingerprint density at radius 1 is 0.657 bits per heavy atom. The minimum atomic E-state index is -0.480. The van der Waals surface area contributed by atoms with Crippen molar-refractivity contribution in [1.82, 2.24) is 0 Å². The summed E-state index contributed by atoms with van der Waals surface area (Å²) in [7, 11) is 0. The molecular formula is C33H40O2. The lowest BCUT2D eigenvalue weighted by molar-refractivity contribution is 0.345. The van der Waals surface area contributed by atoms with Crippen molar-refractivity contribution < 1.29 is 10.2 Å². The van der Waals surface area contributed by atoms with E-state index in [4.69, 9.17) is 0 Å². The number of phenolic OH excluding ortho intramolecular Hbond substituents is 2. The molecule has 0 heterocycles. The van der Waals surface area contributed by atoms with E-state index in [0.29, 0.717) is 31.4 Å². The molecule has 0 amide bonds. The molecule has 2 aromatic carbocycles. The van der Waals surface area contributed by atoms with Crippen molar-refractivity contribution >= 4 is 0 Å². The molecule has 2 aromatic rings. The molecule has 2 nitrogen and oxygen atoms in total. The maximum atomic E-state index is 11.5. The summed E-state index contributed by atoms with van der Waals surface area (Å²) in [6.07, 6.45) is 15.2. The van der Waals surface area contributed by atoms with Crippen LogP contribution in [0.15, 0.2) is 100 Å². The summed E-state index contributed by atoms with van der Waals surface area (Å²) in [5.74, 6) is 0.675. The van der Waals surface area contributed by atoms with Crippen LogP contribution in [-0.2, 0) is 31.1 Å². The predicted molar refractivity (Wildman–Crippen MR) is 151 cm³/mol. The fourth-order valence-electron chi connectivity index (χ4n) is 5.41. The molecule has 0 radical (unpaired) electrons. The molecular weight excluding hydrogens is 428 g/mol. The van der Waals surface area contributed by atoms with E-state index in [1.54, 1.807) is 12.1 Å². The molecule has 0 fully saturated rings. The van der Waals surface area contributed by atoms with E-state index in [9.17, 15) is 10.2 Å². The van der Waals surface area contributed by atoms with Gasteiger partial charge in [0.05, 0.1) is 0 Å². The lowest BCUT2D eigenvalue weighted by Gasteiger charge is -2.42. The quantitative estimate of drug-likeness (QED) is 0.259. The van der Waals surface area contributed by atoms with E-state index < -0.39 is 5.41 Å². The number of benzene rings is 2. The fourth-order valence-corrected chi connectivity index (χ4v) is 5.41. The number of aromatic hydroxyl groups is 2. The molecule has 0 aromatic heterocycles. The fraction of sp³-hybridized carbons (Fsp3) is 0.273. The average Bonchev–Trinajstić information content (AvgIpc) is 2.84. The lowest BCUT2D eigenvalue weighted by atomic mass is 9.61. The molecule has 0 aliphatic carbocycles. The molecule has 0 spiro atoms. The second-order valence-corrected chi connectivity index (χ2v) is 9.10. The van der Waals surface area contributed by atoms with Crippen molar-refractivity contribution in [3.63, 3.8) is 0 Å². The zero-order valence-corrected chi connectivity index (χ0v) is 21.2. The van der Waals surface area contributed by atoms with Crippen molar-refractivity contribution in [1.29, 1.82) is 0 Å². The topological polar surface area (TPSA) is 40.5 Å². The Morgan fingerprint density at radius 2 is 1.06 bits per heavy atom. The van der Waals surface area contributed by atoms with Gasteiger partial charge in [0.15, 0.2) is 0 Å². The van der Waals surface area contributed by atoms with Crippen molar-refractivity contribution in [2.24, 2.45) is 5.92 Å². The Labute approximate surface area is 212 Å². The van der Waals surface area contributed by atoms with E-state index in [1.165, 1.54) is 5.56 Å². The number of hydrogen-bond donors (Lipinski definition) is 2. The molecule has 2 N–H and O–H groups in total. The van der Waals surface area contributed by atoms with Gasteiger partial charge < -0.3 is 10.2 Å². The lowest BCUT2D eigenvalue weighted by Crippen LogP contribution is -2.36. The van der Waals surface area contributed by atoms with Crippen LogP contribution in [0.1, 0.15) is 53.1 Å². The van der Waals surface area contributed by atoms with Crippen LogP contribution in [0.3, 0.4) is 0 Å². The second-order valence-electron chi connectivity index (χ2n) is 9.10. The van der Waals surface area contributed by atoms with Gasteiger partial charge in [-0.15, -0.1) is 39.5 Å². The SMILES string of the molecule is C=CCc1c(O)c(CC=C)c(CC=C)c(C(C)(c2ccc(O)cc2)C(CC=C)CC=C)c1CC=C. The molecule has 2 rings (SSSR count). The van der Waals surface area contributed by atoms with Crippen molar-refractivity contribution in [3.05, 3.63) is 134 Å². The Bertz CT molecular complexity index is 1030. The molecule has 0 aliphatic rings. The maximum Gasteiger partial charge on any atom is 0.123 e. The summed E-state index contributed by atoms with van der Waals surface area (Å²) < 4.78 is 0. The molecule has 1 unspecified atom stereocenters. The molecule has 0 bridgehead atoms. The smallest absolute Gasteiger partial charge is 0.123 e. The van der Waals surface area contributed by atoms with Gasteiger partial charge in [0.1, 0.15) is 11.5 Å². The van der Waals surface area contributed by atoms with E-state index in [-0.39, 0.29) is 11.7 Å². The molecule has 1 atom stereocenters. The van der Waals surface area contributed by atoms with Gasteiger partial charge in [0.2, 0.25) is 0 Å². The van der Waals surface area contributed by atoms with Crippen LogP contribution in [0.25, 0.3) is 0 Å². The normalized spacial score (nSPS) is 12.5. The highest BCUT2D eigenvalue weighted by Gasteiger charge is 2.41. The monoisotopic (exact) mass is 468 g/mol. The van der Waals surface area contributed by atoms with Crippen LogP contribution < -0.4 is 0 Å². The first-order chi connectivity index (χ1) is 16.8. The Hall–Kier alpha value is -3.52. The summed E-state index contributed by atoms with van der Waals surface area (Å²) in [6, 6.07) is 7.47. The molecule has 0 saturated heterocycles. The van der Waals surface area contributed by atoms with E-state index in [2.05, 4.69) is 46.4 Å². The van der Waals surface area contributed by atoms with Gasteiger partial charge in [-0.3, -0.25) is 0 Å². The predicted octanol–water partition coefficient (Wildman–Crippen LogP) is 8.09. The molecule has 2 heteroatoms. The first-order valence-electron chi connectivity index (χ1n) is 12.2. The van der Waals surface area contributed by atoms with Crippen LogP contribution in [0, 0.1) is 5.92 Å². The molecule has 35 heavy (non-hydrogen) atoms. The highest BCUT2D eigenvalue weighted by Crippen LogP contribution is 2.50. The molecule has 0 saturated carbocycles. The summed E-state index contributed by atoms with van der Waals surface area (Å²) in [5.41, 5.74) is 5.65. The van der Waals surface area contributed by atoms with Crippen LogP contribution in [0.5, 0.6) is 11.5 Å². The Morgan fingerprint density at radius 3 is 1.43 bits per heavy atom. The first kappa shape index (κ1) is 27.7. The standard InChI is InChI=1S/C33H40O2/c1-8-14-24(15-9-2)33(7,25-20-22-26(34)23-21-25)31-27(16-10-3)29(18-12-5)32(35)30(19-13-6)28(31)17-11-4/h8-13,20-24,34-35H,1-6,14-19H2,7H3. The van der Waals surface area contributed by atoms with Crippen LogP contribution in [0.2, 0.25) is 0 Å². The van der Waals surface area contributed by atoms with Gasteiger partial charge in [0.25, 0.3) is 0 Å². The van der Waals surface area contributed by atoms with E-state index >= 15 is 0 Å². The van der Waals surface area contributed by atoms with Gasteiger partial charge in [-0.25, -0.2) is 0 Å². The molecule has 0 aliphatic heterocycles. The van der Waals surface area contributed by atoms with Crippen molar-refractivity contribution in [2.45, 2.75) is 50.9 Å². The van der Waals surface area contributed by atoms with Gasteiger partial charge >= 0.3 is 0 Å². The first-order valence-corrected chi connectivity index (χ1v) is 12.2. The van der Waals surface area contributed by atoms with Crippen molar-refractivity contribution in [3.8, 4) is 11.5 Å². The van der Waals surface area contributed by atoms with Crippen LogP contribution in [-0.4, -0.2) is 10.2 Å². The third-order valence-electron chi connectivity index (χ3n) is 7.00. The average molecular weight is 469 g/mol.